The summed E-state index contributed by atoms with van der Waals surface area (Å²) >= 11 is 0. The van der Waals surface area contributed by atoms with Crippen LogP contribution in [-0.2, 0) is 0 Å². The van der Waals surface area contributed by atoms with Crippen LogP contribution in [0.1, 0.15) is 32.4 Å². The highest BCUT2D eigenvalue weighted by molar-refractivity contribution is 5.91. The minimum absolute atomic E-state index is 0.108. The van der Waals surface area contributed by atoms with E-state index in [1.807, 2.05) is 57.3 Å². The molecule has 0 aliphatic carbocycles. The fourth-order valence-electron chi connectivity index (χ4n) is 2.34. The average molecular weight is 330 g/mol. The fourth-order valence-corrected chi connectivity index (χ4v) is 2.34. The van der Waals surface area contributed by atoms with Gasteiger partial charge in [0.1, 0.15) is 0 Å². The first kappa shape index (κ1) is 18.0. The molecule has 0 saturated heterocycles. The lowest BCUT2D eigenvalue weighted by Gasteiger charge is -2.21. The highest BCUT2D eigenvalue weighted by atomic mass is 16.3. The van der Waals surface area contributed by atoms with E-state index in [0.29, 0.717) is 12.2 Å². The van der Waals surface area contributed by atoms with Crippen molar-refractivity contribution in [3.63, 3.8) is 0 Å². The van der Waals surface area contributed by atoms with Crippen LogP contribution in [0.25, 0.3) is 5.69 Å². The Morgan fingerprint density at radius 1 is 1.29 bits per heavy atom. The largest absolute Gasteiger partial charge is 0.396 e. The zero-order valence-electron chi connectivity index (χ0n) is 14.5. The van der Waals surface area contributed by atoms with Gasteiger partial charge in [-0.2, -0.15) is 5.10 Å². The van der Waals surface area contributed by atoms with Crippen molar-refractivity contribution in [2.75, 3.05) is 18.5 Å². The number of nitrogens with zero attached hydrogens (tertiary/aromatic N) is 2. The maximum absolute atomic E-state index is 12.1. The van der Waals surface area contributed by atoms with Crippen LogP contribution in [0.2, 0.25) is 0 Å². The van der Waals surface area contributed by atoms with Crippen molar-refractivity contribution >= 4 is 11.7 Å². The first-order valence-corrected chi connectivity index (χ1v) is 8.19. The van der Waals surface area contributed by atoms with Gasteiger partial charge in [-0.25, -0.2) is 9.48 Å². The van der Waals surface area contributed by atoms with Gasteiger partial charge in [0, 0.05) is 19.3 Å². The molecule has 0 aliphatic heterocycles. The molecule has 1 aromatic heterocycles. The van der Waals surface area contributed by atoms with Crippen LogP contribution in [0.3, 0.4) is 0 Å². The molecular weight excluding hydrogens is 304 g/mol. The molecular formula is C18H26N4O2. The number of urea groups is 1. The molecule has 0 radical (unpaired) electrons. The number of carbonyl (C=O) groups excluding carboxylic acids is 1. The highest BCUT2D eigenvalue weighted by Gasteiger charge is 2.15. The number of nitrogens with one attached hydrogen (secondary N) is 2. The second-order valence-corrected chi connectivity index (χ2v) is 6.73. The number of para-hydroxylation sites is 2. The van der Waals surface area contributed by atoms with E-state index >= 15 is 0 Å². The summed E-state index contributed by atoms with van der Waals surface area (Å²) in [5.41, 5.74) is 2.33. The second kappa shape index (κ2) is 7.97. The van der Waals surface area contributed by atoms with Crippen LogP contribution in [-0.4, -0.2) is 34.1 Å². The molecule has 0 aliphatic rings. The molecule has 6 heteroatoms. The van der Waals surface area contributed by atoms with Crippen LogP contribution in [0.5, 0.6) is 0 Å². The van der Waals surface area contributed by atoms with Gasteiger partial charge in [0.15, 0.2) is 0 Å². The first-order valence-electron chi connectivity index (χ1n) is 8.19. The molecule has 1 aromatic carbocycles. The molecule has 130 valence electrons. The molecule has 2 rings (SSSR count). The SMILES string of the molecule is Cc1ccn(-c2ccccc2NC(=O)NCCCC(C)(C)CO)n1. The summed E-state index contributed by atoms with van der Waals surface area (Å²) in [4.78, 5) is 12.1. The van der Waals surface area contributed by atoms with Crippen molar-refractivity contribution in [3.05, 3.63) is 42.2 Å². The average Bonchev–Trinajstić information content (AvgIpc) is 2.98. The van der Waals surface area contributed by atoms with Crippen molar-refractivity contribution in [1.82, 2.24) is 15.1 Å². The topological polar surface area (TPSA) is 79.2 Å². The van der Waals surface area contributed by atoms with E-state index in [0.717, 1.165) is 24.2 Å². The summed E-state index contributed by atoms with van der Waals surface area (Å²) in [5, 5.41) is 19.3. The van der Waals surface area contributed by atoms with E-state index < -0.39 is 0 Å². The number of aliphatic hydroxyl groups is 1. The molecule has 2 amide bonds. The Morgan fingerprint density at radius 3 is 2.71 bits per heavy atom. The summed E-state index contributed by atoms with van der Waals surface area (Å²) < 4.78 is 1.74. The minimum atomic E-state index is -0.242. The van der Waals surface area contributed by atoms with Crippen LogP contribution in [0, 0.1) is 12.3 Å². The Bertz CT molecular complexity index is 679. The van der Waals surface area contributed by atoms with Gasteiger partial charge in [0.25, 0.3) is 0 Å². The molecule has 0 saturated carbocycles. The normalized spacial score (nSPS) is 11.3. The van der Waals surface area contributed by atoms with Gasteiger partial charge in [-0.15, -0.1) is 0 Å². The molecule has 0 atom stereocenters. The van der Waals surface area contributed by atoms with Crippen LogP contribution in [0.15, 0.2) is 36.5 Å². The number of amides is 2. The zero-order chi connectivity index (χ0) is 17.6. The number of aliphatic hydroxyl groups excluding tert-OH is 1. The monoisotopic (exact) mass is 330 g/mol. The zero-order valence-corrected chi connectivity index (χ0v) is 14.5. The lowest BCUT2D eigenvalue weighted by atomic mass is 9.89. The lowest BCUT2D eigenvalue weighted by Crippen LogP contribution is -2.31. The first-order chi connectivity index (χ1) is 11.4. The second-order valence-electron chi connectivity index (χ2n) is 6.73. The summed E-state index contributed by atoms with van der Waals surface area (Å²) in [6, 6.07) is 9.21. The molecule has 2 aromatic rings. The third-order valence-electron chi connectivity index (χ3n) is 3.87. The molecule has 24 heavy (non-hydrogen) atoms. The third-order valence-corrected chi connectivity index (χ3v) is 3.87. The van der Waals surface area contributed by atoms with Gasteiger partial charge >= 0.3 is 6.03 Å². The van der Waals surface area contributed by atoms with Crippen molar-refractivity contribution in [1.29, 1.82) is 0 Å². The van der Waals surface area contributed by atoms with Gasteiger partial charge in [0.05, 0.1) is 17.1 Å². The quantitative estimate of drug-likeness (QED) is 0.683. The number of anilines is 1. The van der Waals surface area contributed by atoms with Crippen LogP contribution in [0.4, 0.5) is 10.5 Å². The Hall–Kier alpha value is -2.34. The van der Waals surface area contributed by atoms with Crippen LogP contribution < -0.4 is 10.6 Å². The minimum Gasteiger partial charge on any atom is -0.396 e. The predicted molar refractivity (Wildman–Crippen MR) is 95.4 cm³/mol. The van der Waals surface area contributed by atoms with Crippen molar-refractivity contribution in [3.8, 4) is 5.69 Å². The van der Waals surface area contributed by atoms with E-state index in [4.69, 9.17) is 0 Å². The number of aromatic nitrogens is 2. The Labute approximate surface area is 142 Å². The van der Waals surface area contributed by atoms with Crippen molar-refractivity contribution in [2.24, 2.45) is 5.41 Å². The number of carbonyl (C=O) groups is 1. The lowest BCUT2D eigenvalue weighted by molar-refractivity contribution is 0.148. The summed E-state index contributed by atoms with van der Waals surface area (Å²) in [6.07, 6.45) is 3.54. The molecule has 0 bridgehead atoms. The van der Waals surface area contributed by atoms with Gasteiger partial charge in [-0.3, -0.25) is 0 Å². The maximum Gasteiger partial charge on any atom is 0.319 e. The van der Waals surface area contributed by atoms with Crippen molar-refractivity contribution in [2.45, 2.75) is 33.6 Å². The smallest absolute Gasteiger partial charge is 0.319 e. The van der Waals surface area contributed by atoms with Crippen molar-refractivity contribution < 1.29 is 9.90 Å². The standard InChI is InChI=1S/C18H26N4O2/c1-14-9-12-22(21-14)16-8-5-4-7-15(16)20-17(24)19-11-6-10-18(2,3)13-23/h4-5,7-9,12,23H,6,10-11,13H2,1-3H3,(H2,19,20,24). The van der Waals surface area contributed by atoms with Gasteiger partial charge in [0.2, 0.25) is 0 Å². The highest BCUT2D eigenvalue weighted by Crippen LogP contribution is 2.21. The molecule has 0 spiro atoms. The van der Waals surface area contributed by atoms with Crippen LogP contribution >= 0.6 is 0 Å². The summed E-state index contributed by atoms with van der Waals surface area (Å²) in [6.45, 7) is 6.66. The van der Waals surface area contributed by atoms with E-state index in [1.54, 1.807) is 4.68 Å². The number of rotatable bonds is 7. The van der Waals surface area contributed by atoms with E-state index in [2.05, 4.69) is 15.7 Å². The molecule has 6 nitrogen and oxygen atoms in total. The van der Waals surface area contributed by atoms with Gasteiger partial charge in [-0.05, 0) is 43.4 Å². The number of hydrogen-bond acceptors (Lipinski definition) is 3. The Morgan fingerprint density at radius 2 is 2.04 bits per heavy atom. The molecule has 1 heterocycles. The third kappa shape index (κ3) is 5.09. The van der Waals surface area contributed by atoms with E-state index in [1.165, 1.54) is 0 Å². The summed E-state index contributed by atoms with van der Waals surface area (Å²) in [7, 11) is 0. The Kier molecular flexibility index (Phi) is 5.98. The fraction of sp³-hybridized carbons (Fsp3) is 0.444. The number of benzene rings is 1. The van der Waals surface area contributed by atoms with E-state index in [-0.39, 0.29) is 18.1 Å². The Balaban J connectivity index is 1.91. The molecule has 3 N–H and O–H groups in total. The molecule has 0 unspecified atom stereocenters. The van der Waals surface area contributed by atoms with E-state index in [9.17, 15) is 9.90 Å². The van der Waals surface area contributed by atoms with Gasteiger partial charge < -0.3 is 15.7 Å². The number of hydrogen-bond donors (Lipinski definition) is 3. The van der Waals surface area contributed by atoms with Gasteiger partial charge in [-0.1, -0.05) is 26.0 Å². The summed E-state index contributed by atoms with van der Waals surface area (Å²) in [5.74, 6) is 0. The maximum atomic E-state index is 12.1. The molecule has 0 fully saturated rings. The predicted octanol–water partition coefficient (Wildman–Crippen LogP) is 3.10. The number of aryl methyl sites for hydroxylation is 1.